The lowest BCUT2D eigenvalue weighted by atomic mass is 10.00. The van der Waals surface area contributed by atoms with Crippen LogP contribution in [-0.2, 0) is 6.42 Å². The Morgan fingerprint density at radius 1 is 0.952 bits per heavy atom. The fourth-order valence-corrected chi connectivity index (χ4v) is 2.70. The fraction of sp³-hybridized carbons (Fsp3) is 0.0556. The molecule has 0 spiro atoms. The Hall–Kier alpha value is -2.00. The fourth-order valence-electron chi connectivity index (χ4n) is 2.34. The molecule has 0 atom stereocenters. The van der Waals surface area contributed by atoms with Gasteiger partial charge in [-0.1, -0.05) is 58.4 Å². The molecule has 3 heteroatoms. The number of benzene rings is 3. The summed E-state index contributed by atoms with van der Waals surface area (Å²) in [5, 5.41) is 2.21. The maximum atomic E-state index is 13.7. The second-order valence-corrected chi connectivity index (χ2v) is 5.82. The van der Waals surface area contributed by atoms with E-state index in [1.54, 1.807) is 6.07 Å². The lowest BCUT2D eigenvalue weighted by Crippen LogP contribution is -2.06. The van der Waals surface area contributed by atoms with Crippen LogP contribution < -0.4 is 0 Å². The summed E-state index contributed by atoms with van der Waals surface area (Å²) in [6, 6.07) is 18.2. The molecule has 3 aromatic carbocycles. The Balaban J connectivity index is 1.90. The van der Waals surface area contributed by atoms with E-state index in [1.165, 1.54) is 12.1 Å². The Labute approximate surface area is 130 Å². The van der Waals surface area contributed by atoms with Crippen LogP contribution in [0.15, 0.2) is 65.1 Å². The third kappa shape index (κ3) is 3.03. The molecule has 104 valence electrons. The number of ketones is 1. The van der Waals surface area contributed by atoms with E-state index in [1.807, 2.05) is 42.5 Å². The van der Waals surface area contributed by atoms with Crippen LogP contribution in [0.1, 0.15) is 15.9 Å². The second kappa shape index (κ2) is 5.78. The molecule has 3 rings (SSSR count). The van der Waals surface area contributed by atoms with Crippen LogP contribution in [-0.4, -0.2) is 5.78 Å². The first-order valence-corrected chi connectivity index (χ1v) is 7.39. The first-order valence-electron chi connectivity index (χ1n) is 6.59. The van der Waals surface area contributed by atoms with Gasteiger partial charge in [0.1, 0.15) is 5.82 Å². The molecule has 0 saturated heterocycles. The zero-order valence-corrected chi connectivity index (χ0v) is 12.7. The van der Waals surface area contributed by atoms with E-state index in [-0.39, 0.29) is 17.8 Å². The van der Waals surface area contributed by atoms with Gasteiger partial charge in [-0.2, -0.15) is 0 Å². The molecule has 0 aliphatic carbocycles. The predicted octanol–water partition coefficient (Wildman–Crippen LogP) is 5.17. The van der Waals surface area contributed by atoms with Gasteiger partial charge in [0, 0.05) is 10.9 Å². The minimum absolute atomic E-state index is 0.123. The molecule has 0 bridgehead atoms. The van der Waals surface area contributed by atoms with Crippen molar-refractivity contribution in [1.29, 1.82) is 0 Å². The van der Waals surface area contributed by atoms with Crippen molar-refractivity contribution in [3.8, 4) is 0 Å². The Bertz CT molecular complexity index is 826. The number of rotatable bonds is 3. The van der Waals surface area contributed by atoms with Crippen LogP contribution >= 0.6 is 15.9 Å². The third-order valence-corrected chi connectivity index (χ3v) is 3.90. The van der Waals surface area contributed by atoms with E-state index < -0.39 is 5.82 Å². The van der Waals surface area contributed by atoms with Crippen molar-refractivity contribution in [1.82, 2.24) is 0 Å². The Morgan fingerprint density at radius 3 is 2.52 bits per heavy atom. The highest BCUT2D eigenvalue weighted by Gasteiger charge is 2.13. The first-order chi connectivity index (χ1) is 10.1. The summed E-state index contributed by atoms with van der Waals surface area (Å²) >= 11 is 3.26. The minimum Gasteiger partial charge on any atom is -0.294 e. The molecule has 0 heterocycles. The lowest BCUT2D eigenvalue weighted by Gasteiger charge is -2.05. The molecule has 0 unspecified atom stereocenters. The van der Waals surface area contributed by atoms with Gasteiger partial charge in [-0.05, 0) is 34.5 Å². The van der Waals surface area contributed by atoms with Gasteiger partial charge >= 0.3 is 0 Å². The molecular formula is C18H12BrFO. The van der Waals surface area contributed by atoms with Gasteiger partial charge < -0.3 is 0 Å². The van der Waals surface area contributed by atoms with Gasteiger partial charge in [0.05, 0.1) is 5.56 Å². The van der Waals surface area contributed by atoms with Crippen molar-refractivity contribution in [2.75, 3.05) is 0 Å². The van der Waals surface area contributed by atoms with E-state index in [2.05, 4.69) is 15.9 Å². The van der Waals surface area contributed by atoms with E-state index in [9.17, 15) is 9.18 Å². The number of hydrogen-bond donors (Lipinski definition) is 0. The number of hydrogen-bond acceptors (Lipinski definition) is 1. The summed E-state index contributed by atoms with van der Waals surface area (Å²) in [7, 11) is 0. The first kappa shape index (κ1) is 14.0. The van der Waals surface area contributed by atoms with Crippen LogP contribution in [0, 0.1) is 5.82 Å². The number of Topliss-reactive ketones (excluding diaryl/α,β-unsaturated/α-hetero) is 1. The van der Waals surface area contributed by atoms with Crippen molar-refractivity contribution >= 4 is 32.5 Å². The largest absolute Gasteiger partial charge is 0.294 e. The van der Waals surface area contributed by atoms with Gasteiger partial charge in [0.2, 0.25) is 0 Å². The average Bonchev–Trinajstić information content (AvgIpc) is 2.49. The van der Waals surface area contributed by atoms with E-state index in [4.69, 9.17) is 0 Å². The zero-order chi connectivity index (χ0) is 14.8. The van der Waals surface area contributed by atoms with Gasteiger partial charge in [-0.3, -0.25) is 4.79 Å². The van der Waals surface area contributed by atoms with Crippen LogP contribution in [0.2, 0.25) is 0 Å². The summed E-state index contributed by atoms with van der Waals surface area (Å²) < 4.78 is 14.4. The van der Waals surface area contributed by atoms with Gasteiger partial charge in [-0.15, -0.1) is 0 Å². The lowest BCUT2D eigenvalue weighted by molar-refractivity contribution is 0.0989. The average molecular weight is 343 g/mol. The van der Waals surface area contributed by atoms with Crippen LogP contribution in [0.4, 0.5) is 4.39 Å². The topological polar surface area (TPSA) is 17.1 Å². The van der Waals surface area contributed by atoms with Crippen molar-refractivity contribution in [3.63, 3.8) is 0 Å². The number of carbonyl (C=O) groups is 1. The van der Waals surface area contributed by atoms with Crippen LogP contribution in [0.5, 0.6) is 0 Å². The van der Waals surface area contributed by atoms with Gasteiger partial charge in [0.15, 0.2) is 5.78 Å². The molecule has 3 aromatic rings. The van der Waals surface area contributed by atoms with Crippen molar-refractivity contribution in [2.45, 2.75) is 6.42 Å². The molecule has 0 aliphatic rings. The summed E-state index contributed by atoms with van der Waals surface area (Å²) in [5.41, 5.74) is 1.01. The maximum absolute atomic E-state index is 13.7. The quantitative estimate of drug-likeness (QED) is 0.600. The predicted molar refractivity (Wildman–Crippen MR) is 86.1 cm³/mol. The number of fused-ring (bicyclic) bond motifs is 1. The molecule has 0 saturated carbocycles. The molecule has 0 amide bonds. The molecule has 0 aliphatic heterocycles. The molecule has 0 N–H and O–H groups in total. The van der Waals surface area contributed by atoms with Gasteiger partial charge in [0.25, 0.3) is 0 Å². The number of halogens is 2. The molecule has 0 fully saturated rings. The monoisotopic (exact) mass is 342 g/mol. The van der Waals surface area contributed by atoms with Crippen molar-refractivity contribution in [3.05, 3.63) is 82.1 Å². The summed E-state index contributed by atoms with van der Waals surface area (Å²) in [6.07, 6.45) is 0.193. The molecule has 21 heavy (non-hydrogen) atoms. The zero-order valence-electron chi connectivity index (χ0n) is 11.1. The molecule has 1 nitrogen and oxygen atoms in total. The second-order valence-electron chi connectivity index (χ2n) is 4.91. The highest BCUT2D eigenvalue weighted by molar-refractivity contribution is 9.10. The highest BCUT2D eigenvalue weighted by atomic mass is 79.9. The van der Waals surface area contributed by atoms with Crippen LogP contribution in [0.25, 0.3) is 10.8 Å². The maximum Gasteiger partial charge on any atom is 0.170 e. The molecular weight excluding hydrogens is 331 g/mol. The molecule has 0 aromatic heterocycles. The summed E-state index contributed by atoms with van der Waals surface area (Å²) in [6.45, 7) is 0. The Morgan fingerprint density at radius 2 is 1.71 bits per heavy atom. The third-order valence-electron chi connectivity index (χ3n) is 3.41. The SMILES string of the molecule is O=C(Cc1ccc2ccccc2c1)c1cc(Br)ccc1F. The minimum atomic E-state index is -0.482. The number of carbonyl (C=O) groups excluding carboxylic acids is 1. The smallest absolute Gasteiger partial charge is 0.170 e. The molecule has 0 radical (unpaired) electrons. The highest BCUT2D eigenvalue weighted by Crippen LogP contribution is 2.20. The van der Waals surface area contributed by atoms with E-state index in [0.29, 0.717) is 4.47 Å². The van der Waals surface area contributed by atoms with Crippen molar-refractivity contribution < 1.29 is 9.18 Å². The summed E-state index contributed by atoms with van der Waals surface area (Å²) in [4.78, 5) is 12.3. The van der Waals surface area contributed by atoms with E-state index >= 15 is 0 Å². The van der Waals surface area contributed by atoms with Crippen LogP contribution in [0.3, 0.4) is 0 Å². The standard InChI is InChI=1S/C18H12BrFO/c19-15-7-8-17(20)16(11-15)18(21)10-12-5-6-13-3-1-2-4-14(13)9-12/h1-9,11H,10H2. The summed E-state index contributed by atoms with van der Waals surface area (Å²) in [5.74, 6) is -0.701. The normalized spacial score (nSPS) is 10.8. The van der Waals surface area contributed by atoms with E-state index in [0.717, 1.165) is 16.3 Å². The Kier molecular flexibility index (Phi) is 3.84. The van der Waals surface area contributed by atoms with Crippen molar-refractivity contribution in [2.24, 2.45) is 0 Å². The van der Waals surface area contributed by atoms with Gasteiger partial charge in [-0.25, -0.2) is 4.39 Å².